The van der Waals surface area contributed by atoms with E-state index in [-0.39, 0.29) is 41.3 Å². The minimum absolute atomic E-state index is 0.0131. The van der Waals surface area contributed by atoms with E-state index in [0.717, 1.165) is 16.0 Å². The molecule has 0 aliphatic carbocycles. The monoisotopic (exact) mass is 555 g/mol. The van der Waals surface area contributed by atoms with Gasteiger partial charge < -0.3 is 35.5 Å². The number of aliphatic hydroxyl groups excluding tert-OH is 1. The zero-order chi connectivity index (χ0) is 28.1. The Kier molecular flexibility index (Phi) is 8.12. The molecular weight excluding hydrogens is 530 g/mol. The molecule has 0 amide bonds. The lowest BCUT2D eigenvalue weighted by Crippen LogP contribution is -2.18. The van der Waals surface area contributed by atoms with Crippen molar-refractivity contribution < 1.29 is 29.2 Å². The van der Waals surface area contributed by atoms with Gasteiger partial charge in [0, 0.05) is 11.3 Å². The molecule has 7 N–H and O–H groups in total. The van der Waals surface area contributed by atoms with Gasteiger partial charge in [0.15, 0.2) is 28.0 Å². The van der Waals surface area contributed by atoms with Gasteiger partial charge in [0.1, 0.15) is 18.5 Å². The second-order valence-corrected chi connectivity index (χ2v) is 8.79. The number of carboxylic acids is 1. The summed E-state index contributed by atoms with van der Waals surface area (Å²) in [7, 11) is 2.90. The first-order valence-electron chi connectivity index (χ1n) is 11.3. The van der Waals surface area contributed by atoms with Gasteiger partial charge in [-0.05, 0) is 42.0 Å². The molecule has 1 atom stereocenters. The fourth-order valence-electron chi connectivity index (χ4n) is 3.75. The first kappa shape index (κ1) is 27.2. The molecule has 0 saturated carbocycles. The van der Waals surface area contributed by atoms with E-state index in [2.05, 4.69) is 20.4 Å². The Morgan fingerprint density at radius 1 is 1.23 bits per heavy atom. The van der Waals surface area contributed by atoms with E-state index in [0.29, 0.717) is 28.3 Å². The van der Waals surface area contributed by atoms with Crippen LogP contribution in [0.1, 0.15) is 32.7 Å². The molecule has 4 rings (SSSR count). The van der Waals surface area contributed by atoms with E-state index in [4.69, 9.17) is 25.4 Å². The highest BCUT2D eigenvalue weighted by Gasteiger charge is 2.26. The van der Waals surface area contributed by atoms with E-state index in [1.807, 2.05) is 0 Å². The molecule has 39 heavy (non-hydrogen) atoms. The number of nitrogens with zero attached hydrogens (tertiary/aromatic N) is 3. The van der Waals surface area contributed by atoms with Gasteiger partial charge in [0.2, 0.25) is 5.75 Å². The number of aromatic amines is 1. The van der Waals surface area contributed by atoms with Gasteiger partial charge in [-0.15, -0.1) is 16.4 Å². The normalized spacial score (nSPS) is 11.6. The number of aromatic nitrogens is 4. The maximum atomic E-state index is 12.9. The van der Waals surface area contributed by atoms with Crippen molar-refractivity contribution in [2.24, 2.45) is 5.73 Å². The first-order chi connectivity index (χ1) is 18.8. The summed E-state index contributed by atoms with van der Waals surface area (Å²) < 4.78 is 17.5. The molecule has 0 unspecified atom stereocenters. The highest BCUT2D eigenvalue weighted by Crippen LogP contribution is 2.41. The molecule has 204 valence electrons. The molecular formula is C24H25N7O7S. The van der Waals surface area contributed by atoms with Crippen LogP contribution in [-0.2, 0) is 0 Å². The number of ether oxygens (including phenoxy) is 3. The summed E-state index contributed by atoms with van der Waals surface area (Å²) in [5.41, 5.74) is 7.81. The van der Waals surface area contributed by atoms with Gasteiger partial charge in [-0.3, -0.25) is 10.4 Å². The quantitative estimate of drug-likeness (QED) is 0.109. The zero-order valence-electron chi connectivity index (χ0n) is 20.8. The summed E-state index contributed by atoms with van der Waals surface area (Å²) in [5.74, 6) is -0.444. The van der Waals surface area contributed by atoms with Crippen LogP contribution < -0.4 is 31.0 Å². The van der Waals surface area contributed by atoms with Crippen molar-refractivity contribution in [2.75, 3.05) is 32.8 Å². The third-order valence-electron chi connectivity index (χ3n) is 5.51. The van der Waals surface area contributed by atoms with Crippen molar-refractivity contribution in [2.45, 2.75) is 6.04 Å². The molecule has 2 heterocycles. The standard InChI is InChI=1S/C24H25N7O7S/c1-36-15-9-13(10-16(18(15)37-2)38-8-7-32)17(28-14-5-3-12(4-6-14)20(25)26)21-29-24(35)31(30-21)22-19(23(33)34)39-11-27-22/h3-6,9-11,17,28,32H,7-8H2,1-2H3,(H3,25,26)(H,33,34)(H,29,30,35)/t17-/m0/s1. The van der Waals surface area contributed by atoms with E-state index < -0.39 is 17.7 Å². The SMILES string of the molecule is COc1cc([C@H](Nc2ccc(C(=N)N)cc2)c2nn(-c3ncsc3C(=O)O)c(=O)[nH]2)cc(OCCO)c1OC. The van der Waals surface area contributed by atoms with Crippen molar-refractivity contribution >= 4 is 28.8 Å². The van der Waals surface area contributed by atoms with Crippen molar-refractivity contribution in [3.05, 3.63) is 74.2 Å². The third kappa shape index (κ3) is 5.68. The Morgan fingerprint density at radius 2 is 1.95 bits per heavy atom. The molecule has 0 aliphatic rings. The molecule has 0 spiro atoms. The lowest BCUT2D eigenvalue weighted by Gasteiger charge is -2.21. The van der Waals surface area contributed by atoms with Gasteiger partial charge in [-0.2, -0.15) is 4.68 Å². The number of nitrogens with two attached hydrogens (primary N) is 1. The molecule has 0 aliphatic heterocycles. The smallest absolute Gasteiger partial charge is 0.349 e. The van der Waals surface area contributed by atoms with Crippen LogP contribution in [0, 0.1) is 5.41 Å². The van der Waals surface area contributed by atoms with Crippen molar-refractivity contribution in [1.29, 1.82) is 5.41 Å². The van der Waals surface area contributed by atoms with Crippen LogP contribution in [0.3, 0.4) is 0 Å². The number of aromatic carboxylic acids is 1. The van der Waals surface area contributed by atoms with Gasteiger partial charge in [-0.25, -0.2) is 14.6 Å². The average molecular weight is 556 g/mol. The number of aliphatic hydroxyl groups is 1. The predicted molar refractivity (Wildman–Crippen MR) is 142 cm³/mol. The lowest BCUT2D eigenvalue weighted by molar-refractivity contribution is 0.0701. The summed E-state index contributed by atoms with van der Waals surface area (Å²) >= 11 is 0.865. The number of benzene rings is 2. The zero-order valence-corrected chi connectivity index (χ0v) is 21.6. The highest BCUT2D eigenvalue weighted by molar-refractivity contribution is 7.12. The largest absolute Gasteiger partial charge is 0.493 e. The number of anilines is 1. The Balaban J connectivity index is 1.86. The number of thiazole rings is 1. The summed E-state index contributed by atoms with van der Waals surface area (Å²) in [6, 6.07) is 9.18. The number of nitrogen functional groups attached to an aromatic ring is 1. The van der Waals surface area contributed by atoms with Gasteiger partial charge in [0.25, 0.3) is 0 Å². The van der Waals surface area contributed by atoms with E-state index >= 15 is 0 Å². The van der Waals surface area contributed by atoms with Gasteiger partial charge in [-0.1, -0.05) is 0 Å². The molecule has 2 aromatic heterocycles. The van der Waals surface area contributed by atoms with E-state index in [1.54, 1.807) is 36.4 Å². The average Bonchev–Trinajstić information content (AvgIpc) is 3.56. The molecule has 2 aromatic carbocycles. The Morgan fingerprint density at radius 3 is 2.56 bits per heavy atom. The summed E-state index contributed by atoms with van der Waals surface area (Å²) in [6.07, 6.45) is 0. The number of H-pyrrole nitrogens is 1. The first-order valence-corrected chi connectivity index (χ1v) is 12.2. The fourth-order valence-corrected chi connectivity index (χ4v) is 4.36. The van der Waals surface area contributed by atoms with Crippen molar-refractivity contribution in [3.63, 3.8) is 0 Å². The number of carboxylic acid groups (broad SMARTS) is 1. The minimum Gasteiger partial charge on any atom is -0.493 e. The third-order valence-corrected chi connectivity index (χ3v) is 6.31. The van der Waals surface area contributed by atoms with Crippen molar-refractivity contribution in [1.82, 2.24) is 19.7 Å². The molecule has 0 saturated heterocycles. The number of amidine groups is 1. The molecule has 0 bridgehead atoms. The summed E-state index contributed by atoms with van der Waals surface area (Å²) in [4.78, 5) is 31.1. The number of methoxy groups -OCH3 is 2. The van der Waals surface area contributed by atoms with Crippen LogP contribution in [0.5, 0.6) is 17.2 Å². The molecule has 4 aromatic rings. The van der Waals surface area contributed by atoms with Crippen LogP contribution in [0.4, 0.5) is 5.69 Å². The number of hydrogen-bond donors (Lipinski definition) is 6. The second-order valence-electron chi connectivity index (χ2n) is 7.93. The molecule has 14 nitrogen and oxygen atoms in total. The highest BCUT2D eigenvalue weighted by atomic mass is 32.1. The topological polar surface area (TPSA) is 211 Å². The lowest BCUT2D eigenvalue weighted by atomic mass is 10.0. The number of carbonyl (C=O) groups is 1. The Labute approximate surface area is 225 Å². The minimum atomic E-state index is -1.24. The van der Waals surface area contributed by atoms with E-state index in [1.165, 1.54) is 19.7 Å². The Bertz CT molecular complexity index is 1550. The molecule has 0 fully saturated rings. The fraction of sp³-hybridized carbons (Fsp3) is 0.208. The van der Waals surface area contributed by atoms with Crippen LogP contribution >= 0.6 is 11.3 Å². The number of nitrogens with one attached hydrogen (secondary N) is 3. The van der Waals surface area contributed by atoms with Crippen LogP contribution in [-0.4, -0.2) is 69.2 Å². The van der Waals surface area contributed by atoms with Gasteiger partial charge >= 0.3 is 11.7 Å². The van der Waals surface area contributed by atoms with Crippen LogP contribution in [0.25, 0.3) is 5.82 Å². The summed E-state index contributed by atoms with van der Waals surface area (Å²) in [6.45, 7) is -0.252. The maximum Gasteiger partial charge on any atom is 0.349 e. The van der Waals surface area contributed by atoms with Crippen LogP contribution in [0.15, 0.2) is 46.7 Å². The Hall–Kier alpha value is -4.89. The number of rotatable bonds is 12. The second kappa shape index (κ2) is 11.7. The molecule has 15 heteroatoms. The number of hydrogen-bond acceptors (Lipinski definition) is 11. The van der Waals surface area contributed by atoms with Crippen molar-refractivity contribution in [3.8, 4) is 23.1 Å². The predicted octanol–water partition coefficient (Wildman–Crippen LogP) is 1.59. The maximum absolute atomic E-state index is 12.9. The molecule has 0 radical (unpaired) electrons. The van der Waals surface area contributed by atoms with Gasteiger partial charge in [0.05, 0.1) is 26.3 Å². The van der Waals surface area contributed by atoms with Crippen LogP contribution in [0.2, 0.25) is 0 Å². The van der Waals surface area contributed by atoms with E-state index in [9.17, 15) is 19.8 Å². The summed E-state index contributed by atoms with van der Waals surface area (Å²) in [5, 5.41) is 34.0.